The molecule has 14 heavy (non-hydrogen) atoms. The zero-order valence-corrected chi connectivity index (χ0v) is 10.2. The van der Waals surface area contributed by atoms with Crippen LogP contribution in [0.3, 0.4) is 0 Å². The molecule has 0 nitrogen and oxygen atoms in total. The Labute approximate surface area is 94.9 Å². The van der Waals surface area contributed by atoms with Crippen LogP contribution >= 0.6 is 27.3 Å². The van der Waals surface area contributed by atoms with Gasteiger partial charge in [-0.05, 0) is 40.4 Å². The van der Waals surface area contributed by atoms with Crippen LogP contribution in [-0.2, 0) is 11.8 Å². The van der Waals surface area contributed by atoms with Gasteiger partial charge in [0.05, 0.1) is 0 Å². The first-order valence-corrected chi connectivity index (χ1v) is 6.50. The SMILES string of the molecule is CCc1cc(F)cc2scc(CBr)c12. The molecule has 1 aromatic carbocycles. The summed E-state index contributed by atoms with van der Waals surface area (Å²) in [5, 5.41) is 4.17. The Bertz CT molecular complexity index is 462. The van der Waals surface area contributed by atoms with Crippen molar-refractivity contribution in [2.45, 2.75) is 18.7 Å². The summed E-state index contributed by atoms with van der Waals surface area (Å²) in [6, 6.07) is 3.26. The molecule has 0 N–H and O–H groups in total. The molecule has 2 aromatic rings. The monoisotopic (exact) mass is 272 g/mol. The van der Waals surface area contributed by atoms with Crippen molar-refractivity contribution in [3.05, 3.63) is 34.5 Å². The molecule has 0 saturated heterocycles. The van der Waals surface area contributed by atoms with Crippen molar-refractivity contribution >= 4 is 37.4 Å². The highest BCUT2D eigenvalue weighted by Crippen LogP contribution is 2.31. The van der Waals surface area contributed by atoms with Crippen LogP contribution in [0.5, 0.6) is 0 Å². The van der Waals surface area contributed by atoms with Crippen molar-refractivity contribution in [1.29, 1.82) is 0 Å². The largest absolute Gasteiger partial charge is 0.207 e. The van der Waals surface area contributed by atoms with E-state index in [1.165, 1.54) is 10.9 Å². The van der Waals surface area contributed by atoms with E-state index in [2.05, 4.69) is 28.2 Å². The van der Waals surface area contributed by atoms with Gasteiger partial charge in [0, 0.05) is 10.0 Å². The van der Waals surface area contributed by atoms with E-state index in [9.17, 15) is 4.39 Å². The van der Waals surface area contributed by atoms with E-state index in [1.54, 1.807) is 23.5 Å². The van der Waals surface area contributed by atoms with Gasteiger partial charge in [0.1, 0.15) is 5.82 Å². The minimum absolute atomic E-state index is 0.127. The van der Waals surface area contributed by atoms with Crippen LogP contribution in [0.15, 0.2) is 17.5 Å². The Balaban J connectivity index is 2.78. The number of hydrogen-bond acceptors (Lipinski definition) is 1. The van der Waals surface area contributed by atoms with Crippen LogP contribution in [0.2, 0.25) is 0 Å². The number of aryl methyl sites for hydroxylation is 1. The van der Waals surface area contributed by atoms with E-state index >= 15 is 0 Å². The molecule has 0 amide bonds. The third kappa shape index (κ3) is 1.59. The fourth-order valence-corrected chi connectivity index (χ4v) is 3.35. The first-order valence-electron chi connectivity index (χ1n) is 4.50. The summed E-state index contributed by atoms with van der Waals surface area (Å²) in [5.74, 6) is -0.127. The summed E-state index contributed by atoms with van der Waals surface area (Å²) < 4.78 is 14.2. The summed E-state index contributed by atoms with van der Waals surface area (Å²) in [4.78, 5) is 0. The molecule has 1 heterocycles. The smallest absolute Gasteiger partial charge is 0.124 e. The fourth-order valence-electron chi connectivity index (χ4n) is 1.66. The van der Waals surface area contributed by atoms with Crippen LogP contribution < -0.4 is 0 Å². The highest BCUT2D eigenvalue weighted by atomic mass is 79.9. The first kappa shape index (κ1) is 10.1. The average molecular weight is 273 g/mol. The molecule has 0 radical (unpaired) electrons. The quantitative estimate of drug-likeness (QED) is 0.707. The van der Waals surface area contributed by atoms with E-state index in [4.69, 9.17) is 0 Å². The number of alkyl halides is 1. The lowest BCUT2D eigenvalue weighted by Gasteiger charge is -2.02. The van der Waals surface area contributed by atoms with E-state index in [-0.39, 0.29) is 5.82 Å². The number of thiophene rings is 1. The summed E-state index contributed by atoms with van der Waals surface area (Å²) in [7, 11) is 0. The van der Waals surface area contributed by atoms with Gasteiger partial charge in [0.2, 0.25) is 0 Å². The van der Waals surface area contributed by atoms with Crippen LogP contribution in [-0.4, -0.2) is 0 Å². The van der Waals surface area contributed by atoms with Gasteiger partial charge in [-0.3, -0.25) is 0 Å². The Morgan fingerprint density at radius 1 is 1.36 bits per heavy atom. The van der Waals surface area contributed by atoms with Crippen molar-refractivity contribution < 1.29 is 4.39 Å². The summed E-state index contributed by atoms with van der Waals surface area (Å²) >= 11 is 5.06. The van der Waals surface area contributed by atoms with Gasteiger partial charge in [0.15, 0.2) is 0 Å². The lowest BCUT2D eigenvalue weighted by Crippen LogP contribution is -1.86. The van der Waals surface area contributed by atoms with E-state index in [0.29, 0.717) is 0 Å². The number of halogens is 2. The second-order valence-corrected chi connectivity index (χ2v) is 4.66. The topological polar surface area (TPSA) is 0 Å². The minimum atomic E-state index is -0.127. The molecule has 0 aliphatic carbocycles. The molecule has 0 atom stereocenters. The van der Waals surface area contributed by atoms with Crippen LogP contribution in [0.4, 0.5) is 4.39 Å². The Morgan fingerprint density at radius 2 is 2.14 bits per heavy atom. The maximum absolute atomic E-state index is 13.2. The Morgan fingerprint density at radius 3 is 2.79 bits per heavy atom. The minimum Gasteiger partial charge on any atom is -0.207 e. The number of benzene rings is 1. The molecule has 1 aromatic heterocycles. The standard InChI is InChI=1S/C11H10BrFS/c1-2-7-3-9(13)4-10-11(7)8(5-12)6-14-10/h3-4,6H,2,5H2,1H3. The van der Waals surface area contributed by atoms with Gasteiger partial charge in [-0.25, -0.2) is 4.39 Å². The van der Waals surface area contributed by atoms with Gasteiger partial charge in [-0.1, -0.05) is 22.9 Å². The van der Waals surface area contributed by atoms with E-state index in [1.807, 2.05) is 0 Å². The van der Waals surface area contributed by atoms with E-state index < -0.39 is 0 Å². The average Bonchev–Trinajstić information content (AvgIpc) is 2.59. The predicted octanol–water partition coefficient (Wildman–Crippen LogP) is 4.50. The summed E-state index contributed by atoms with van der Waals surface area (Å²) in [5.41, 5.74) is 2.37. The van der Waals surface area contributed by atoms with Crippen molar-refractivity contribution in [3.63, 3.8) is 0 Å². The molecule has 3 heteroatoms. The van der Waals surface area contributed by atoms with Crippen molar-refractivity contribution in [2.24, 2.45) is 0 Å². The summed E-state index contributed by atoms with van der Waals surface area (Å²) in [6.45, 7) is 2.06. The van der Waals surface area contributed by atoms with E-state index in [0.717, 1.165) is 22.0 Å². The van der Waals surface area contributed by atoms with Crippen molar-refractivity contribution in [3.8, 4) is 0 Å². The molecule has 0 saturated carbocycles. The number of hydrogen-bond donors (Lipinski definition) is 0. The van der Waals surface area contributed by atoms with Crippen molar-refractivity contribution in [2.75, 3.05) is 0 Å². The zero-order valence-electron chi connectivity index (χ0n) is 7.81. The number of fused-ring (bicyclic) bond motifs is 1. The highest BCUT2D eigenvalue weighted by Gasteiger charge is 2.08. The molecule has 74 valence electrons. The molecule has 0 fully saturated rings. The molecule has 0 unspecified atom stereocenters. The lowest BCUT2D eigenvalue weighted by molar-refractivity contribution is 0.628. The van der Waals surface area contributed by atoms with Crippen LogP contribution in [0.1, 0.15) is 18.1 Å². The Hall–Kier alpha value is -0.410. The lowest BCUT2D eigenvalue weighted by atomic mass is 10.1. The second kappa shape index (κ2) is 3.99. The highest BCUT2D eigenvalue weighted by molar-refractivity contribution is 9.08. The zero-order chi connectivity index (χ0) is 10.1. The Kier molecular flexibility index (Phi) is 2.88. The van der Waals surface area contributed by atoms with Crippen molar-refractivity contribution in [1.82, 2.24) is 0 Å². The van der Waals surface area contributed by atoms with Gasteiger partial charge in [-0.15, -0.1) is 11.3 Å². The molecule has 2 rings (SSSR count). The van der Waals surface area contributed by atoms with Gasteiger partial charge in [0.25, 0.3) is 0 Å². The van der Waals surface area contributed by atoms with Crippen LogP contribution in [0.25, 0.3) is 10.1 Å². The fraction of sp³-hybridized carbons (Fsp3) is 0.273. The number of rotatable bonds is 2. The molecule has 0 bridgehead atoms. The molecule has 0 aliphatic rings. The normalized spacial score (nSPS) is 11.1. The second-order valence-electron chi connectivity index (χ2n) is 3.19. The predicted molar refractivity (Wildman–Crippen MR) is 63.8 cm³/mol. The third-order valence-electron chi connectivity index (χ3n) is 2.32. The molecule has 0 aliphatic heterocycles. The van der Waals surface area contributed by atoms with Gasteiger partial charge in [-0.2, -0.15) is 0 Å². The molecular weight excluding hydrogens is 263 g/mol. The maximum atomic E-state index is 13.2. The molecule has 0 spiro atoms. The molecular formula is C11H10BrFS. The van der Waals surface area contributed by atoms with Gasteiger partial charge < -0.3 is 0 Å². The first-order chi connectivity index (χ1) is 6.76. The maximum Gasteiger partial charge on any atom is 0.124 e. The van der Waals surface area contributed by atoms with Crippen LogP contribution in [0, 0.1) is 5.82 Å². The summed E-state index contributed by atoms with van der Waals surface area (Å²) in [6.07, 6.45) is 0.880. The van der Waals surface area contributed by atoms with Gasteiger partial charge >= 0.3 is 0 Å². The third-order valence-corrected chi connectivity index (χ3v) is 3.91.